The molecule has 34 heavy (non-hydrogen) atoms. The van der Waals surface area contributed by atoms with Gasteiger partial charge in [0.15, 0.2) is 18.1 Å². The number of benzene rings is 3. The van der Waals surface area contributed by atoms with Crippen LogP contribution in [0.5, 0.6) is 11.5 Å². The summed E-state index contributed by atoms with van der Waals surface area (Å²) in [5.74, 6) is -0.371. The molecule has 3 aromatic carbocycles. The first-order chi connectivity index (χ1) is 16.4. The molecule has 3 rings (SSSR count). The molecule has 0 aliphatic heterocycles. The predicted molar refractivity (Wildman–Crippen MR) is 132 cm³/mol. The van der Waals surface area contributed by atoms with Gasteiger partial charge in [0.05, 0.1) is 28.5 Å². The van der Waals surface area contributed by atoms with Gasteiger partial charge in [-0.05, 0) is 48.0 Å². The Morgan fingerprint density at radius 2 is 1.56 bits per heavy atom. The zero-order valence-electron chi connectivity index (χ0n) is 18.0. The van der Waals surface area contributed by atoms with E-state index in [0.29, 0.717) is 38.5 Å². The quantitative estimate of drug-likeness (QED) is 0.314. The van der Waals surface area contributed by atoms with Crippen molar-refractivity contribution in [1.29, 1.82) is 5.26 Å². The number of carbonyl (C=O) groups excluding carboxylic acids is 2. The van der Waals surface area contributed by atoms with Crippen LogP contribution in [0.4, 0.5) is 11.4 Å². The molecule has 7 nitrogen and oxygen atoms in total. The molecule has 0 aliphatic carbocycles. The van der Waals surface area contributed by atoms with Crippen LogP contribution in [0, 0.1) is 11.3 Å². The van der Waals surface area contributed by atoms with Crippen LogP contribution in [-0.2, 0) is 9.59 Å². The molecule has 0 aromatic heterocycles. The molecule has 0 saturated carbocycles. The van der Waals surface area contributed by atoms with E-state index in [9.17, 15) is 14.9 Å². The minimum atomic E-state index is -0.605. The van der Waals surface area contributed by atoms with Gasteiger partial charge in [-0.3, -0.25) is 9.59 Å². The lowest BCUT2D eigenvalue weighted by atomic mass is 10.1. The number of ether oxygens (including phenoxy) is 2. The third kappa shape index (κ3) is 6.51. The van der Waals surface area contributed by atoms with Gasteiger partial charge in [-0.1, -0.05) is 53.5 Å². The lowest BCUT2D eigenvalue weighted by Crippen LogP contribution is -2.20. The number of carbonyl (C=O) groups is 2. The molecule has 0 aliphatic rings. The normalized spacial score (nSPS) is 10.7. The topological polar surface area (TPSA) is 100 Å². The minimum Gasteiger partial charge on any atom is -0.493 e. The van der Waals surface area contributed by atoms with E-state index in [4.69, 9.17) is 32.7 Å². The fraction of sp³-hybridized carbons (Fsp3) is 0.0800. The van der Waals surface area contributed by atoms with E-state index in [1.807, 2.05) is 6.07 Å². The van der Waals surface area contributed by atoms with Crippen LogP contribution in [-0.4, -0.2) is 25.5 Å². The average Bonchev–Trinajstić information content (AvgIpc) is 2.84. The number of halogens is 2. The second-order valence-electron chi connectivity index (χ2n) is 6.83. The van der Waals surface area contributed by atoms with Crippen molar-refractivity contribution in [2.45, 2.75) is 0 Å². The molecular weight excluding hydrogens is 477 g/mol. The Morgan fingerprint density at radius 3 is 2.15 bits per heavy atom. The number of rotatable bonds is 8. The maximum atomic E-state index is 12.5. The second-order valence-corrected chi connectivity index (χ2v) is 7.65. The van der Waals surface area contributed by atoms with E-state index in [1.54, 1.807) is 66.7 Å². The van der Waals surface area contributed by atoms with Gasteiger partial charge >= 0.3 is 0 Å². The van der Waals surface area contributed by atoms with Gasteiger partial charge in [-0.2, -0.15) is 5.26 Å². The Labute approximate surface area is 206 Å². The van der Waals surface area contributed by atoms with Gasteiger partial charge in [0.2, 0.25) is 0 Å². The Hall–Kier alpha value is -3.99. The first-order valence-corrected chi connectivity index (χ1v) is 10.7. The smallest absolute Gasteiger partial charge is 0.266 e. The van der Waals surface area contributed by atoms with Crippen LogP contribution < -0.4 is 20.1 Å². The van der Waals surface area contributed by atoms with Crippen molar-refractivity contribution in [2.24, 2.45) is 0 Å². The van der Waals surface area contributed by atoms with E-state index in [2.05, 4.69) is 10.6 Å². The largest absolute Gasteiger partial charge is 0.493 e. The summed E-state index contributed by atoms with van der Waals surface area (Å²) in [4.78, 5) is 24.7. The summed E-state index contributed by atoms with van der Waals surface area (Å²) < 4.78 is 10.9. The summed E-state index contributed by atoms with van der Waals surface area (Å²) in [5.41, 5.74) is 1.27. The number of para-hydroxylation sites is 2. The molecule has 0 radical (unpaired) electrons. The standard InChI is InChI=1S/C25H19Cl2N3O4/c1-33-23-13-16(12-17(14-28)25(32)30-21-9-5-3-7-19(21)27)10-11-22(23)34-15-24(31)29-20-8-4-2-6-18(20)26/h2-13H,15H2,1H3,(H,29,31)(H,30,32)/b17-12+. The molecule has 0 fully saturated rings. The summed E-state index contributed by atoms with van der Waals surface area (Å²) in [7, 11) is 1.44. The van der Waals surface area contributed by atoms with Gasteiger partial charge in [-0.25, -0.2) is 0 Å². The van der Waals surface area contributed by atoms with Crippen LogP contribution in [0.3, 0.4) is 0 Å². The van der Waals surface area contributed by atoms with Crippen LogP contribution in [0.1, 0.15) is 5.56 Å². The third-order valence-corrected chi connectivity index (χ3v) is 5.15. The van der Waals surface area contributed by atoms with Gasteiger partial charge < -0.3 is 20.1 Å². The van der Waals surface area contributed by atoms with Gasteiger partial charge in [0.25, 0.3) is 11.8 Å². The number of hydrogen-bond acceptors (Lipinski definition) is 5. The monoisotopic (exact) mass is 495 g/mol. The number of nitrogens with one attached hydrogen (secondary N) is 2. The number of hydrogen-bond donors (Lipinski definition) is 2. The van der Waals surface area contributed by atoms with E-state index < -0.39 is 11.8 Å². The fourth-order valence-corrected chi connectivity index (χ4v) is 3.22. The molecule has 172 valence electrons. The lowest BCUT2D eigenvalue weighted by Gasteiger charge is -2.12. The van der Waals surface area contributed by atoms with Gasteiger partial charge in [0, 0.05) is 0 Å². The summed E-state index contributed by atoms with van der Waals surface area (Å²) in [6, 6.07) is 20.2. The zero-order chi connectivity index (χ0) is 24.5. The van der Waals surface area contributed by atoms with Crippen molar-refractivity contribution >= 4 is 52.5 Å². The SMILES string of the molecule is COc1cc(/C=C(\C#N)C(=O)Nc2ccccc2Cl)ccc1OCC(=O)Nc1ccccc1Cl. The van der Waals surface area contributed by atoms with E-state index in [0.717, 1.165) is 0 Å². The summed E-state index contributed by atoms with van der Waals surface area (Å²) in [6.07, 6.45) is 1.41. The van der Waals surface area contributed by atoms with Crippen molar-refractivity contribution in [3.8, 4) is 17.6 Å². The molecule has 2 amide bonds. The third-order valence-electron chi connectivity index (χ3n) is 4.49. The van der Waals surface area contributed by atoms with Gasteiger partial charge in [-0.15, -0.1) is 0 Å². The van der Waals surface area contributed by atoms with Crippen molar-refractivity contribution in [3.05, 3.63) is 87.9 Å². The highest BCUT2D eigenvalue weighted by Crippen LogP contribution is 2.29. The van der Waals surface area contributed by atoms with E-state index >= 15 is 0 Å². The number of amides is 2. The summed E-state index contributed by atoms with van der Waals surface area (Å²) >= 11 is 12.1. The Kier molecular flexibility index (Phi) is 8.52. The molecule has 0 saturated heterocycles. The highest BCUT2D eigenvalue weighted by Gasteiger charge is 2.13. The van der Waals surface area contributed by atoms with E-state index in [1.165, 1.54) is 13.2 Å². The number of methoxy groups -OCH3 is 1. The lowest BCUT2D eigenvalue weighted by molar-refractivity contribution is -0.118. The van der Waals surface area contributed by atoms with Crippen molar-refractivity contribution < 1.29 is 19.1 Å². The van der Waals surface area contributed by atoms with E-state index in [-0.39, 0.29) is 12.2 Å². The molecule has 9 heteroatoms. The number of anilines is 2. The molecule has 2 N–H and O–H groups in total. The molecule has 0 spiro atoms. The maximum Gasteiger partial charge on any atom is 0.266 e. The average molecular weight is 496 g/mol. The van der Waals surface area contributed by atoms with Crippen LogP contribution in [0.2, 0.25) is 10.0 Å². The molecule has 0 heterocycles. The van der Waals surface area contributed by atoms with Crippen molar-refractivity contribution in [2.75, 3.05) is 24.4 Å². The highest BCUT2D eigenvalue weighted by molar-refractivity contribution is 6.34. The predicted octanol–water partition coefficient (Wildman–Crippen LogP) is 5.57. The number of nitriles is 1. The number of nitrogens with zero attached hydrogens (tertiary/aromatic N) is 1. The van der Waals surface area contributed by atoms with Crippen molar-refractivity contribution in [1.82, 2.24) is 0 Å². The Bertz CT molecular complexity index is 1290. The Balaban J connectivity index is 1.69. The summed E-state index contributed by atoms with van der Waals surface area (Å²) in [6.45, 7) is -0.277. The Morgan fingerprint density at radius 1 is 0.941 bits per heavy atom. The van der Waals surface area contributed by atoms with Crippen LogP contribution in [0.15, 0.2) is 72.3 Å². The summed E-state index contributed by atoms with van der Waals surface area (Å²) in [5, 5.41) is 15.5. The zero-order valence-corrected chi connectivity index (χ0v) is 19.5. The first kappa shape index (κ1) is 24.6. The van der Waals surface area contributed by atoms with Gasteiger partial charge in [0.1, 0.15) is 11.6 Å². The molecule has 0 bridgehead atoms. The molecule has 3 aromatic rings. The first-order valence-electron chi connectivity index (χ1n) is 9.94. The van der Waals surface area contributed by atoms with Crippen LogP contribution >= 0.6 is 23.2 Å². The molecule has 0 unspecified atom stereocenters. The fourth-order valence-electron chi connectivity index (χ4n) is 2.85. The molecule has 0 atom stereocenters. The maximum absolute atomic E-state index is 12.5. The minimum absolute atomic E-state index is 0.130. The van der Waals surface area contributed by atoms with Crippen LogP contribution in [0.25, 0.3) is 6.08 Å². The van der Waals surface area contributed by atoms with Crippen molar-refractivity contribution in [3.63, 3.8) is 0 Å². The second kappa shape index (κ2) is 11.8. The molecular formula is C25H19Cl2N3O4. The highest BCUT2D eigenvalue weighted by atomic mass is 35.5.